The topological polar surface area (TPSA) is 30.0 Å². The highest BCUT2D eigenvalue weighted by atomic mass is 19.1. The van der Waals surface area contributed by atoms with Crippen LogP contribution in [0.4, 0.5) is 4.39 Å². The van der Waals surface area contributed by atoms with Gasteiger partial charge in [-0.1, -0.05) is 6.08 Å². The number of hydrogen-bond acceptors (Lipinski definition) is 2. The zero-order valence-corrected chi connectivity index (χ0v) is 7.87. The van der Waals surface area contributed by atoms with E-state index in [2.05, 4.69) is 11.6 Å². The van der Waals surface area contributed by atoms with Crippen LogP contribution in [0.15, 0.2) is 31.1 Å². The monoisotopic (exact) mass is 193 g/mol. The molecule has 0 unspecified atom stereocenters. The predicted octanol–water partition coefficient (Wildman–Crippen LogP) is 2.76. The van der Waals surface area contributed by atoms with Gasteiger partial charge in [-0.25, -0.2) is 4.39 Å². The van der Waals surface area contributed by atoms with Gasteiger partial charge in [0.05, 0.1) is 6.20 Å². The molecule has 0 saturated carbocycles. The Morgan fingerprint density at radius 2 is 2.36 bits per heavy atom. The first-order valence-electron chi connectivity index (χ1n) is 4.48. The number of nitrogens with zero attached hydrogens (tertiary/aromatic N) is 1. The lowest BCUT2D eigenvalue weighted by Crippen LogP contribution is -2.00. The number of aromatic nitrogens is 1. The summed E-state index contributed by atoms with van der Waals surface area (Å²) in [5.41, 5.74) is 0.342. The van der Waals surface area contributed by atoms with Crippen molar-refractivity contribution < 1.29 is 9.18 Å². The van der Waals surface area contributed by atoms with E-state index < -0.39 is 5.82 Å². The molecular formula is C11H12FNO. The Morgan fingerprint density at radius 3 is 3.00 bits per heavy atom. The summed E-state index contributed by atoms with van der Waals surface area (Å²) in [5, 5.41) is 0. The highest BCUT2D eigenvalue weighted by Gasteiger charge is 2.06. The normalized spacial score (nSPS) is 9.79. The fourth-order valence-corrected chi connectivity index (χ4v) is 1.12. The Balaban J connectivity index is 2.56. The van der Waals surface area contributed by atoms with Crippen molar-refractivity contribution in [3.8, 4) is 0 Å². The van der Waals surface area contributed by atoms with E-state index in [-0.39, 0.29) is 5.78 Å². The average molecular weight is 193 g/mol. The third-order valence-corrected chi connectivity index (χ3v) is 1.84. The van der Waals surface area contributed by atoms with Crippen molar-refractivity contribution >= 4 is 5.78 Å². The fourth-order valence-electron chi connectivity index (χ4n) is 1.12. The maximum absolute atomic E-state index is 12.7. The molecule has 1 aromatic rings. The summed E-state index contributed by atoms with van der Waals surface area (Å²) in [4.78, 5) is 15.0. The zero-order valence-electron chi connectivity index (χ0n) is 7.87. The second kappa shape index (κ2) is 5.27. The van der Waals surface area contributed by atoms with E-state index in [0.717, 1.165) is 19.0 Å². The van der Waals surface area contributed by atoms with Crippen molar-refractivity contribution in [2.24, 2.45) is 0 Å². The third-order valence-electron chi connectivity index (χ3n) is 1.84. The number of hydrogen-bond donors (Lipinski definition) is 0. The molecule has 0 N–H and O–H groups in total. The van der Waals surface area contributed by atoms with Gasteiger partial charge in [0.15, 0.2) is 5.78 Å². The van der Waals surface area contributed by atoms with Gasteiger partial charge in [0, 0.05) is 18.2 Å². The Hall–Kier alpha value is -1.51. The van der Waals surface area contributed by atoms with Gasteiger partial charge in [-0.2, -0.15) is 0 Å². The van der Waals surface area contributed by atoms with Crippen molar-refractivity contribution in [3.63, 3.8) is 0 Å². The molecule has 0 radical (unpaired) electrons. The van der Waals surface area contributed by atoms with Gasteiger partial charge in [-0.15, -0.1) is 6.58 Å². The lowest BCUT2D eigenvalue weighted by molar-refractivity contribution is 0.0979. The maximum atomic E-state index is 12.7. The minimum absolute atomic E-state index is 0.0705. The number of carbonyl (C=O) groups is 1. The standard InChI is InChI=1S/C11H12FNO/c1-2-3-4-5-11(14)9-6-10(12)8-13-7-9/h2,6-8H,1,3-5H2. The highest BCUT2D eigenvalue weighted by molar-refractivity contribution is 5.95. The largest absolute Gasteiger partial charge is 0.294 e. The molecule has 0 bridgehead atoms. The number of carbonyl (C=O) groups excluding carboxylic acids is 1. The van der Waals surface area contributed by atoms with Crippen molar-refractivity contribution in [2.75, 3.05) is 0 Å². The number of halogens is 1. The van der Waals surface area contributed by atoms with E-state index in [9.17, 15) is 9.18 Å². The highest BCUT2D eigenvalue weighted by Crippen LogP contribution is 2.07. The van der Waals surface area contributed by atoms with Crippen molar-refractivity contribution in [3.05, 3.63) is 42.5 Å². The Labute approximate surface area is 82.5 Å². The number of pyridine rings is 1. The molecule has 0 aliphatic carbocycles. The second-order valence-corrected chi connectivity index (χ2v) is 3.00. The van der Waals surface area contributed by atoms with E-state index in [4.69, 9.17) is 0 Å². The van der Waals surface area contributed by atoms with Crippen LogP contribution < -0.4 is 0 Å². The van der Waals surface area contributed by atoms with Crippen LogP contribution >= 0.6 is 0 Å². The van der Waals surface area contributed by atoms with E-state index >= 15 is 0 Å². The predicted molar refractivity (Wildman–Crippen MR) is 52.6 cm³/mol. The lowest BCUT2D eigenvalue weighted by Gasteiger charge is -1.98. The summed E-state index contributed by atoms with van der Waals surface area (Å²) >= 11 is 0. The molecule has 0 aliphatic rings. The fraction of sp³-hybridized carbons (Fsp3) is 0.273. The molecule has 3 heteroatoms. The van der Waals surface area contributed by atoms with Crippen LogP contribution in [0.2, 0.25) is 0 Å². The van der Waals surface area contributed by atoms with Gasteiger partial charge in [-0.3, -0.25) is 9.78 Å². The van der Waals surface area contributed by atoms with Crippen molar-refractivity contribution in [2.45, 2.75) is 19.3 Å². The molecular weight excluding hydrogens is 181 g/mol. The molecule has 0 amide bonds. The Morgan fingerprint density at radius 1 is 1.57 bits per heavy atom. The molecule has 1 heterocycles. The van der Waals surface area contributed by atoms with E-state index in [1.54, 1.807) is 6.08 Å². The van der Waals surface area contributed by atoms with E-state index in [0.29, 0.717) is 12.0 Å². The average Bonchev–Trinajstić information content (AvgIpc) is 2.18. The SMILES string of the molecule is C=CCCCC(=O)c1cncc(F)c1. The molecule has 0 atom stereocenters. The van der Waals surface area contributed by atoms with Crippen molar-refractivity contribution in [1.29, 1.82) is 0 Å². The molecule has 74 valence electrons. The first kappa shape index (κ1) is 10.6. The first-order valence-corrected chi connectivity index (χ1v) is 4.48. The van der Waals surface area contributed by atoms with Gasteiger partial charge < -0.3 is 0 Å². The summed E-state index contributed by atoms with van der Waals surface area (Å²) in [6.45, 7) is 3.56. The van der Waals surface area contributed by atoms with Crippen LogP contribution in [0.3, 0.4) is 0 Å². The summed E-state index contributed by atoms with van der Waals surface area (Å²) in [7, 11) is 0. The number of allylic oxidation sites excluding steroid dienone is 1. The van der Waals surface area contributed by atoms with E-state index in [1.165, 1.54) is 12.3 Å². The molecule has 1 rings (SSSR count). The van der Waals surface area contributed by atoms with Crippen LogP contribution in [0.1, 0.15) is 29.6 Å². The molecule has 0 fully saturated rings. The summed E-state index contributed by atoms with van der Waals surface area (Å²) < 4.78 is 12.7. The second-order valence-electron chi connectivity index (χ2n) is 3.00. The van der Waals surface area contributed by atoms with Gasteiger partial charge in [0.1, 0.15) is 5.82 Å². The van der Waals surface area contributed by atoms with Gasteiger partial charge in [-0.05, 0) is 18.9 Å². The minimum Gasteiger partial charge on any atom is -0.294 e. The molecule has 14 heavy (non-hydrogen) atoms. The first-order chi connectivity index (χ1) is 6.74. The van der Waals surface area contributed by atoms with Crippen molar-refractivity contribution in [1.82, 2.24) is 4.98 Å². The summed E-state index contributed by atoms with van der Waals surface area (Å²) in [6, 6.07) is 1.21. The molecule has 2 nitrogen and oxygen atoms in total. The number of unbranched alkanes of at least 4 members (excludes halogenated alkanes) is 1. The zero-order chi connectivity index (χ0) is 10.4. The van der Waals surface area contributed by atoms with Crippen LogP contribution in [0, 0.1) is 5.82 Å². The van der Waals surface area contributed by atoms with Crippen LogP contribution in [-0.4, -0.2) is 10.8 Å². The minimum atomic E-state index is -0.473. The maximum Gasteiger partial charge on any atom is 0.164 e. The quantitative estimate of drug-likeness (QED) is 0.409. The lowest BCUT2D eigenvalue weighted by atomic mass is 10.1. The molecule has 1 aromatic heterocycles. The van der Waals surface area contributed by atoms with Gasteiger partial charge in [0.25, 0.3) is 0 Å². The van der Waals surface area contributed by atoms with E-state index in [1.807, 2.05) is 0 Å². The molecule has 0 aromatic carbocycles. The molecule has 0 saturated heterocycles. The van der Waals surface area contributed by atoms with Gasteiger partial charge in [0.2, 0.25) is 0 Å². The molecule has 0 spiro atoms. The van der Waals surface area contributed by atoms with Crippen LogP contribution in [-0.2, 0) is 0 Å². The smallest absolute Gasteiger partial charge is 0.164 e. The number of ketones is 1. The third kappa shape index (κ3) is 3.09. The summed E-state index contributed by atoms with van der Waals surface area (Å²) in [6.07, 6.45) is 6.20. The van der Waals surface area contributed by atoms with Crippen LogP contribution in [0.5, 0.6) is 0 Å². The number of rotatable bonds is 5. The number of Topliss-reactive ketones (excluding diaryl/α,β-unsaturated/α-hetero) is 1. The molecule has 0 aliphatic heterocycles. The van der Waals surface area contributed by atoms with Crippen LogP contribution in [0.25, 0.3) is 0 Å². The Kier molecular flexibility index (Phi) is 3.98. The Bertz CT molecular complexity index is 336. The summed E-state index contributed by atoms with van der Waals surface area (Å²) in [5.74, 6) is -0.543. The van der Waals surface area contributed by atoms with Gasteiger partial charge >= 0.3 is 0 Å².